The van der Waals surface area contributed by atoms with Gasteiger partial charge in [0.1, 0.15) is 0 Å². The quantitative estimate of drug-likeness (QED) is 0.714. The van der Waals surface area contributed by atoms with Crippen molar-refractivity contribution in [3.63, 3.8) is 0 Å². The van der Waals surface area contributed by atoms with Crippen LogP contribution in [-0.2, 0) is 0 Å². The molecule has 3 heteroatoms. The number of halogens is 3. The van der Waals surface area contributed by atoms with Gasteiger partial charge < -0.3 is 0 Å². The third kappa shape index (κ3) is 2.42. The lowest BCUT2D eigenvalue weighted by Crippen LogP contribution is -1.96. The molecule has 0 bridgehead atoms. The molecule has 0 aliphatic carbocycles. The molecule has 1 rings (SSSR count). The summed E-state index contributed by atoms with van der Waals surface area (Å²) < 4.78 is 14.4. The lowest BCUT2D eigenvalue weighted by molar-refractivity contribution is 0.516. The van der Waals surface area contributed by atoms with Crippen molar-refractivity contribution >= 4 is 38.5 Å². The summed E-state index contributed by atoms with van der Waals surface area (Å²) in [5.41, 5.74) is 0.963. The Balaban J connectivity index is 2.96. The van der Waals surface area contributed by atoms with Crippen molar-refractivity contribution in [3.8, 4) is 0 Å². The fourth-order valence-electron chi connectivity index (χ4n) is 0.839. The van der Waals surface area contributed by atoms with E-state index in [9.17, 15) is 4.39 Å². The van der Waals surface area contributed by atoms with Gasteiger partial charge in [0.2, 0.25) is 0 Å². The van der Waals surface area contributed by atoms with Gasteiger partial charge >= 0.3 is 0 Å². The van der Waals surface area contributed by atoms with Gasteiger partial charge in [-0.2, -0.15) is 0 Å². The first kappa shape index (κ1) is 10.4. The Hall–Kier alpha value is 0.360. The molecule has 0 fully saturated rings. The molecule has 0 aromatic heterocycles. The van der Waals surface area contributed by atoms with Crippen molar-refractivity contribution in [2.75, 3.05) is 6.67 Å². The second-order valence-electron chi connectivity index (χ2n) is 2.54. The summed E-state index contributed by atoms with van der Waals surface area (Å²) in [4.78, 5) is 0. The Morgan fingerprint density at radius 2 is 2.25 bits per heavy atom. The van der Waals surface area contributed by atoms with Crippen LogP contribution >= 0.6 is 38.5 Å². The molecule has 0 unspecified atom stereocenters. The Morgan fingerprint density at radius 3 is 2.75 bits per heavy atom. The van der Waals surface area contributed by atoms with Crippen LogP contribution in [-0.4, -0.2) is 6.67 Å². The van der Waals surface area contributed by atoms with Crippen molar-refractivity contribution in [1.29, 1.82) is 0 Å². The molecule has 0 N–H and O–H groups in total. The second kappa shape index (κ2) is 4.56. The highest BCUT2D eigenvalue weighted by Crippen LogP contribution is 2.24. The Bertz CT molecular complexity index is 275. The monoisotopic (exact) mass is 341 g/mol. The van der Waals surface area contributed by atoms with E-state index >= 15 is 0 Å². The van der Waals surface area contributed by atoms with Gasteiger partial charge in [-0.05, 0) is 56.2 Å². The molecule has 0 nitrogen and oxygen atoms in total. The second-order valence-corrected chi connectivity index (χ2v) is 4.56. The molecule has 1 radical (unpaired) electrons. The van der Waals surface area contributed by atoms with Crippen molar-refractivity contribution in [3.05, 3.63) is 37.7 Å². The zero-order valence-corrected chi connectivity index (χ0v) is 10.3. The molecule has 0 heterocycles. The van der Waals surface area contributed by atoms with Crippen LogP contribution in [0.3, 0.4) is 0 Å². The Morgan fingerprint density at radius 1 is 1.58 bits per heavy atom. The van der Waals surface area contributed by atoms with Crippen molar-refractivity contribution in [1.82, 2.24) is 0 Å². The van der Waals surface area contributed by atoms with Crippen molar-refractivity contribution < 1.29 is 4.39 Å². The molecule has 0 aliphatic rings. The van der Waals surface area contributed by atoms with E-state index in [-0.39, 0.29) is 6.67 Å². The van der Waals surface area contributed by atoms with Crippen LogP contribution in [0.25, 0.3) is 0 Å². The molecule has 65 valence electrons. The van der Waals surface area contributed by atoms with Crippen LogP contribution in [0.4, 0.5) is 4.39 Å². The molecule has 0 amide bonds. The predicted molar refractivity (Wildman–Crippen MR) is 60.9 cm³/mol. The SMILES string of the molecule is C[C](CF)c1ccc(I)c(Br)c1. The van der Waals surface area contributed by atoms with Gasteiger partial charge in [0, 0.05) is 14.0 Å². The minimum absolute atomic E-state index is 0.382. The number of hydrogen-bond donors (Lipinski definition) is 0. The van der Waals surface area contributed by atoms with Gasteiger partial charge in [0.25, 0.3) is 0 Å². The highest BCUT2D eigenvalue weighted by Gasteiger charge is 2.06. The first-order valence-electron chi connectivity index (χ1n) is 3.49. The van der Waals surface area contributed by atoms with Gasteiger partial charge in [0.05, 0.1) is 6.67 Å². The summed E-state index contributed by atoms with van der Waals surface area (Å²) >= 11 is 5.63. The summed E-state index contributed by atoms with van der Waals surface area (Å²) in [7, 11) is 0. The lowest BCUT2D eigenvalue weighted by Gasteiger charge is -2.07. The maximum atomic E-state index is 12.3. The molecule has 0 spiro atoms. The molecule has 1 aromatic rings. The summed E-state index contributed by atoms with van der Waals surface area (Å²) in [6.45, 7) is 1.42. The third-order valence-corrected chi connectivity index (χ3v) is 3.95. The average molecular weight is 342 g/mol. The zero-order valence-electron chi connectivity index (χ0n) is 6.57. The highest BCUT2D eigenvalue weighted by molar-refractivity contribution is 14.1. The van der Waals surface area contributed by atoms with Crippen LogP contribution in [0, 0.1) is 9.49 Å². The molecular weight excluding hydrogens is 334 g/mol. The predicted octanol–water partition coefficient (Wildman–Crippen LogP) is 3.97. The van der Waals surface area contributed by atoms with Crippen LogP contribution in [0.2, 0.25) is 0 Å². The fourth-order valence-corrected chi connectivity index (χ4v) is 1.55. The van der Waals surface area contributed by atoms with Gasteiger partial charge in [-0.3, -0.25) is 4.39 Å². The van der Waals surface area contributed by atoms with E-state index in [1.165, 1.54) is 0 Å². The molecular formula is C9H8BrFI. The van der Waals surface area contributed by atoms with Crippen LogP contribution in [0.5, 0.6) is 0 Å². The molecule has 0 saturated carbocycles. The maximum Gasteiger partial charge on any atom is 0.0997 e. The largest absolute Gasteiger partial charge is 0.250 e. The summed E-state index contributed by atoms with van der Waals surface area (Å²) in [5.74, 6) is 0.770. The third-order valence-electron chi connectivity index (χ3n) is 1.61. The van der Waals surface area contributed by atoms with E-state index in [4.69, 9.17) is 0 Å². The zero-order chi connectivity index (χ0) is 9.14. The van der Waals surface area contributed by atoms with E-state index in [1.54, 1.807) is 6.92 Å². The van der Waals surface area contributed by atoms with Gasteiger partial charge in [-0.15, -0.1) is 0 Å². The van der Waals surface area contributed by atoms with Gasteiger partial charge in [0.15, 0.2) is 0 Å². The topological polar surface area (TPSA) is 0 Å². The fraction of sp³-hybridized carbons (Fsp3) is 0.222. The van der Waals surface area contributed by atoms with E-state index in [2.05, 4.69) is 38.5 Å². The average Bonchev–Trinajstić information content (AvgIpc) is 2.08. The highest BCUT2D eigenvalue weighted by atomic mass is 127. The summed E-state index contributed by atoms with van der Waals surface area (Å²) in [5, 5.41) is 0. The number of alkyl halides is 1. The first-order valence-corrected chi connectivity index (χ1v) is 5.36. The smallest absolute Gasteiger partial charge is 0.0997 e. The Labute approximate surface area is 93.8 Å². The van der Waals surface area contributed by atoms with E-state index < -0.39 is 0 Å². The lowest BCUT2D eigenvalue weighted by atomic mass is 10.0. The minimum atomic E-state index is -0.382. The molecule has 0 aliphatic heterocycles. The van der Waals surface area contributed by atoms with Crippen LogP contribution in [0.1, 0.15) is 12.5 Å². The van der Waals surface area contributed by atoms with Crippen molar-refractivity contribution in [2.45, 2.75) is 6.92 Å². The summed E-state index contributed by atoms with van der Waals surface area (Å²) in [6.07, 6.45) is 0. The van der Waals surface area contributed by atoms with Gasteiger partial charge in [-0.1, -0.05) is 13.0 Å². The molecule has 0 saturated heterocycles. The molecule has 12 heavy (non-hydrogen) atoms. The summed E-state index contributed by atoms with van der Waals surface area (Å²) in [6, 6.07) is 5.84. The van der Waals surface area contributed by atoms with Crippen molar-refractivity contribution in [2.24, 2.45) is 0 Å². The molecule has 1 aromatic carbocycles. The van der Waals surface area contributed by atoms with Crippen LogP contribution < -0.4 is 0 Å². The van der Waals surface area contributed by atoms with E-state index in [0.717, 1.165) is 19.5 Å². The van der Waals surface area contributed by atoms with Crippen LogP contribution in [0.15, 0.2) is 22.7 Å². The van der Waals surface area contributed by atoms with E-state index in [0.29, 0.717) is 0 Å². The maximum absolute atomic E-state index is 12.3. The minimum Gasteiger partial charge on any atom is -0.250 e. The number of benzene rings is 1. The number of hydrogen-bond acceptors (Lipinski definition) is 0. The normalized spacial score (nSPS) is 10.8. The first-order chi connectivity index (χ1) is 5.65. The number of rotatable bonds is 2. The molecule has 0 atom stereocenters. The van der Waals surface area contributed by atoms with E-state index in [1.807, 2.05) is 18.2 Å². The standard InChI is InChI=1S/C9H8BrFI/c1-6(5-11)7-2-3-9(12)8(10)4-7/h2-4H,5H2,1H3. The van der Waals surface area contributed by atoms with Gasteiger partial charge in [-0.25, -0.2) is 0 Å². The Kier molecular flexibility index (Phi) is 3.96.